The smallest absolute Gasteiger partial charge is 0.134 e. The van der Waals surface area contributed by atoms with Crippen molar-refractivity contribution < 1.29 is 9.52 Å². The fourth-order valence-corrected chi connectivity index (χ4v) is 3.38. The molecule has 2 aromatic rings. The zero-order valence-electron chi connectivity index (χ0n) is 13.3. The van der Waals surface area contributed by atoms with Crippen molar-refractivity contribution in [1.82, 2.24) is 5.32 Å². The number of aryl methyl sites for hydroxylation is 1. The number of furan rings is 1. The third-order valence-electron chi connectivity index (χ3n) is 3.72. The maximum absolute atomic E-state index is 10.3. The molecule has 21 heavy (non-hydrogen) atoms. The Morgan fingerprint density at radius 2 is 2.10 bits per heavy atom. The summed E-state index contributed by atoms with van der Waals surface area (Å²) in [7, 11) is 0. The van der Waals surface area contributed by atoms with Crippen molar-refractivity contribution in [3.63, 3.8) is 0 Å². The van der Waals surface area contributed by atoms with Gasteiger partial charge < -0.3 is 14.8 Å². The van der Waals surface area contributed by atoms with E-state index >= 15 is 0 Å². The normalized spacial score (nSPS) is 16.0. The number of nitrogens with one attached hydrogen (secondary N) is 1. The zero-order chi connectivity index (χ0) is 15.5. The van der Waals surface area contributed by atoms with Crippen LogP contribution in [0.15, 0.2) is 28.7 Å². The molecule has 0 saturated carbocycles. The lowest BCUT2D eigenvalue weighted by molar-refractivity contribution is 0.0812. The van der Waals surface area contributed by atoms with Gasteiger partial charge in [-0.05, 0) is 32.6 Å². The Kier molecular flexibility index (Phi) is 5.36. The van der Waals surface area contributed by atoms with Crippen LogP contribution in [0.1, 0.15) is 38.1 Å². The molecule has 116 valence electrons. The number of benzene rings is 1. The molecule has 0 aliphatic rings. The molecule has 2 unspecified atom stereocenters. The average Bonchev–Trinajstić information content (AvgIpc) is 2.83. The van der Waals surface area contributed by atoms with Gasteiger partial charge in [-0.3, -0.25) is 0 Å². The summed E-state index contributed by atoms with van der Waals surface area (Å²) in [5.74, 6) is 1.70. The molecule has 0 aliphatic heterocycles. The summed E-state index contributed by atoms with van der Waals surface area (Å²) in [6, 6.07) is 8.24. The molecular formula is C17H25NO2S. The van der Waals surface area contributed by atoms with Gasteiger partial charge in [0.05, 0.1) is 11.6 Å². The number of rotatable bonds is 7. The summed E-state index contributed by atoms with van der Waals surface area (Å²) >= 11 is 1.65. The lowest BCUT2D eigenvalue weighted by Gasteiger charge is -2.25. The third-order valence-corrected chi connectivity index (χ3v) is 4.63. The first-order valence-electron chi connectivity index (χ1n) is 7.43. The molecule has 2 atom stereocenters. The molecule has 0 bridgehead atoms. The summed E-state index contributed by atoms with van der Waals surface area (Å²) in [6.07, 6.45) is 2.95. The second-order valence-electron chi connectivity index (χ2n) is 5.83. The van der Waals surface area contributed by atoms with Crippen LogP contribution in [0.2, 0.25) is 0 Å². The maximum Gasteiger partial charge on any atom is 0.134 e. The van der Waals surface area contributed by atoms with E-state index < -0.39 is 5.60 Å². The van der Waals surface area contributed by atoms with Crippen molar-refractivity contribution in [2.45, 2.75) is 38.8 Å². The summed E-state index contributed by atoms with van der Waals surface area (Å²) < 4.78 is 6.03. The van der Waals surface area contributed by atoms with E-state index in [1.807, 2.05) is 31.4 Å². The van der Waals surface area contributed by atoms with E-state index in [0.29, 0.717) is 12.3 Å². The molecule has 3 nitrogen and oxygen atoms in total. The van der Waals surface area contributed by atoms with Gasteiger partial charge in [0, 0.05) is 23.2 Å². The summed E-state index contributed by atoms with van der Waals surface area (Å²) in [5.41, 5.74) is 1.50. The largest absolute Gasteiger partial charge is 0.459 e. The van der Waals surface area contributed by atoms with Gasteiger partial charge in [-0.25, -0.2) is 0 Å². The summed E-state index contributed by atoms with van der Waals surface area (Å²) in [4.78, 5) is 0. The van der Waals surface area contributed by atoms with Crippen LogP contribution >= 0.6 is 11.8 Å². The molecule has 0 spiro atoms. The summed E-state index contributed by atoms with van der Waals surface area (Å²) in [5, 5.41) is 14.9. The molecule has 2 rings (SSSR count). The van der Waals surface area contributed by atoms with Crippen molar-refractivity contribution in [3.05, 3.63) is 35.6 Å². The van der Waals surface area contributed by atoms with Crippen molar-refractivity contribution in [3.8, 4) is 0 Å². The first-order chi connectivity index (χ1) is 9.98. The Hall–Kier alpha value is -0.970. The molecule has 1 heterocycles. The Morgan fingerprint density at radius 3 is 2.76 bits per heavy atom. The van der Waals surface area contributed by atoms with Gasteiger partial charge in [0.1, 0.15) is 11.3 Å². The van der Waals surface area contributed by atoms with E-state index in [0.717, 1.165) is 17.8 Å². The third kappa shape index (κ3) is 3.82. The predicted molar refractivity (Wildman–Crippen MR) is 91.0 cm³/mol. The minimum Gasteiger partial charge on any atom is -0.459 e. The van der Waals surface area contributed by atoms with Gasteiger partial charge in [-0.1, -0.05) is 25.1 Å². The Balaban J connectivity index is 2.17. The highest BCUT2D eigenvalue weighted by Gasteiger charge is 2.23. The van der Waals surface area contributed by atoms with E-state index in [-0.39, 0.29) is 6.04 Å². The number of para-hydroxylation sites is 1. The lowest BCUT2D eigenvalue weighted by atomic mass is 10.0. The van der Waals surface area contributed by atoms with Crippen LogP contribution in [0.3, 0.4) is 0 Å². The molecule has 0 amide bonds. The van der Waals surface area contributed by atoms with Crippen LogP contribution in [-0.4, -0.2) is 29.3 Å². The number of hydrogen-bond donors (Lipinski definition) is 2. The molecule has 0 radical (unpaired) electrons. The first kappa shape index (κ1) is 16.4. The highest BCUT2D eigenvalue weighted by molar-refractivity contribution is 7.98. The highest BCUT2D eigenvalue weighted by atomic mass is 32.2. The van der Waals surface area contributed by atoms with E-state index in [4.69, 9.17) is 4.42 Å². The van der Waals surface area contributed by atoms with Gasteiger partial charge in [0.2, 0.25) is 0 Å². The fourth-order valence-electron chi connectivity index (χ4n) is 2.66. The molecule has 2 N–H and O–H groups in total. The van der Waals surface area contributed by atoms with Gasteiger partial charge in [-0.2, -0.15) is 11.8 Å². The van der Waals surface area contributed by atoms with Crippen molar-refractivity contribution in [2.24, 2.45) is 0 Å². The van der Waals surface area contributed by atoms with Crippen LogP contribution in [0.5, 0.6) is 0 Å². The van der Waals surface area contributed by atoms with Crippen LogP contribution in [-0.2, 0) is 6.42 Å². The van der Waals surface area contributed by atoms with Gasteiger partial charge in [0.15, 0.2) is 0 Å². The van der Waals surface area contributed by atoms with E-state index in [2.05, 4.69) is 25.2 Å². The van der Waals surface area contributed by atoms with Crippen LogP contribution in [0, 0.1) is 0 Å². The second kappa shape index (κ2) is 6.86. The van der Waals surface area contributed by atoms with Crippen LogP contribution in [0.25, 0.3) is 11.0 Å². The van der Waals surface area contributed by atoms with Crippen molar-refractivity contribution in [1.29, 1.82) is 0 Å². The van der Waals surface area contributed by atoms with E-state index in [9.17, 15) is 5.11 Å². The minimum atomic E-state index is -0.702. The number of aliphatic hydroxyl groups is 1. The monoisotopic (exact) mass is 307 g/mol. The average molecular weight is 307 g/mol. The Morgan fingerprint density at radius 1 is 1.38 bits per heavy atom. The zero-order valence-corrected chi connectivity index (χ0v) is 14.1. The topological polar surface area (TPSA) is 45.4 Å². The van der Waals surface area contributed by atoms with E-state index in [1.54, 1.807) is 11.8 Å². The van der Waals surface area contributed by atoms with Crippen LogP contribution in [0.4, 0.5) is 0 Å². The molecule has 1 aromatic carbocycles. The van der Waals surface area contributed by atoms with Gasteiger partial charge in [0.25, 0.3) is 0 Å². The van der Waals surface area contributed by atoms with Gasteiger partial charge in [-0.15, -0.1) is 0 Å². The molecule has 0 aliphatic carbocycles. The minimum absolute atomic E-state index is 0.0840. The van der Waals surface area contributed by atoms with Crippen LogP contribution < -0.4 is 5.32 Å². The molecule has 4 heteroatoms. The fraction of sp³-hybridized carbons (Fsp3) is 0.529. The molecule has 0 saturated heterocycles. The Bertz CT molecular complexity index is 591. The predicted octanol–water partition coefficient (Wildman–Crippen LogP) is 3.76. The van der Waals surface area contributed by atoms with Gasteiger partial charge >= 0.3 is 0 Å². The molecular weight excluding hydrogens is 282 g/mol. The quantitative estimate of drug-likeness (QED) is 0.817. The standard InChI is InChI=1S/C17H25NO2S/c1-5-13-14-8-6-7-9-15(14)20-16(13)12(2)18-10-17(3,19)11-21-4/h6-9,12,18-19H,5,10-11H2,1-4H3. The second-order valence-corrected chi connectivity index (χ2v) is 6.69. The molecule has 1 aromatic heterocycles. The number of thioether (sulfide) groups is 1. The summed E-state index contributed by atoms with van der Waals surface area (Å²) in [6.45, 7) is 6.65. The van der Waals surface area contributed by atoms with Crippen molar-refractivity contribution >= 4 is 22.7 Å². The maximum atomic E-state index is 10.3. The SMILES string of the molecule is CCc1c(C(C)NCC(C)(O)CSC)oc2ccccc12. The first-order valence-corrected chi connectivity index (χ1v) is 8.83. The molecule has 0 fully saturated rings. The number of fused-ring (bicyclic) bond motifs is 1. The highest BCUT2D eigenvalue weighted by Crippen LogP contribution is 2.30. The van der Waals surface area contributed by atoms with Crippen molar-refractivity contribution in [2.75, 3.05) is 18.6 Å². The Labute approximate surface area is 131 Å². The van der Waals surface area contributed by atoms with E-state index in [1.165, 1.54) is 10.9 Å². The number of hydrogen-bond acceptors (Lipinski definition) is 4. The lowest BCUT2D eigenvalue weighted by Crippen LogP contribution is -2.40.